The third-order valence-corrected chi connectivity index (χ3v) is 2.47. The lowest BCUT2D eigenvalue weighted by atomic mass is 10.2. The first-order valence-corrected chi connectivity index (χ1v) is 5.96. The van der Waals surface area contributed by atoms with Gasteiger partial charge in [-0.25, -0.2) is 0 Å². The topological polar surface area (TPSA) is 78.9 Å². The Labute approximate surface area is 114 Å². The molecule has 0 spiro atoms. The van der Waals surface area contributed by atoms with Gasteiger partial charge in [-0.15, -0.1) is 0 Å². The van der Waals surface area contributed by atoms with E-state index >= 15 is 0 Å². The van der Waals surface area contributed by atoms with Crippen molar-refractivity contribution in [2.24, 2.45) is 0 Å². The molecule has 0 aliphatic rings. The zero-order valence-electron chi connectivity index (χ0n) is 11.4. The van der Waals surface area contributed by atoms with Crippen molar-refractivity contribution in [1.82, 2.24) is 10.2 Å². The molecule has 1 amide bonds. The first kappa shape index (κ1) is 18.7. The van der Waals surface area contributed by atoms with E-state index in [0.717, 1.165) is 0 Å². The molecule has 0 heterocycles. The van der Waals surface area contributed by atoms with Crippen molar-refractivity contribution in [3.8, 4) is 0 Å². The number of rotatable bonds is 9. The predicted molar refractivity (Wildman–Crippen MR) is 64.2 cm³/mol. The predicted octanol–water partition coefficient (Wildman–Crippen LogP) is 0.477. The zero-order chi connectivity index (χ0) is 15.8. The van der Waals surface area contributed by atoms with E-state index in [9.17, 15) is 22.8 Å². The molecule has 118 valence electrons. The number of hydrogen-bond donors (Lipinski definition) is 2. The van der Waals surface area contributed by atoms with E-state index in [-0.39, 0.29) is 6.54 Å². The number of nitrogens with one attached hydrogen (secondary N) is 1. The van der Waals surface area contributed by atoms with Crippen LogP contribution >= 0.6 is 0 Å². The van der Waals surface area contributed by atoms with E-state index in [1.807, 2.05) is 0 Å². The number of halogens is 3. The molecule has 0 saturated carbocycles. The van der Waals surface area contributed by atoms with Gasteiger partial charge in [0, 0.05) is 20.3 Å². The molecule has 20 heavy (non-hydrogen) atoms. The van der Waals surface area contributed by atoms with Gasteiger partial charge in [-0.2, -0.15) is 13.2 Å². The molecule has 0 aromatic heterocycles. The number of aliphatic carboxylic acids is 1. The monoisotopic (exact) mass is 300 g/mol. The third-order valence-electron chi connectivity index (χ3n) is 2.47. The number of carboxylic acid groups (broad SMARTS) is 1. The van der Waals surface area contributed by atoms with Crippen molar-refractivity contribution in [2.45, 2.75) is 25.6 Å². The van der Waals surface area contributed by atoms with Crippen molar-refractivity contribution in [2.75, 3.05) is 33.4 Å². The minimum Gasteiger partial charge on any atom is -0.480 e. The van der Waals surface area contributed by atoms with Crippen LogP contribution in [-0.2, 0) is 14.3 Å². The average molecular weight is 300 g/mol. The van der Waals surface area contributed by atoms with Gasteiger partial charge in [-0.05, 0) is 13.3 Å². The molecule has 1 unspecified atom stereocenters. The molecular formula is C11H19F3N2O4. The molecule has 0 fully saturated rings. The highest BCUT2D eigenvalue weighted by atomic mass is 19.4. The van der Waals surface area contributed by atoms with Gasteiger partial charge in [0.1, 0.15) is 0 Å². The molecule has 0 bridgehead atoms. The Bertz CT molecular complexity index is 323. The number of ether oxygens (including phenoxy) is 1. The van der Waals surface area contributed by atoms with E-state index in [0.29, 0.717) is 17.9 Å². The quantitative estimate of drug-likeness (QED) is 0.605. The van der Waals surface area contributed by atoms with E-state index in [1.165, 1.54) is 14.0 Å². The summed E-state index contributed by atoms with van der Waals surface area (Å²) in [6, 6.07) is -1.18. The highest BCUT2D eigenvalue weighted by Gasteiger charge is 2.35. The molecule has 1 atom stereocenters. The maximum Gasteiger partial charge on any atom is 0.401 e. The number of carbonyl (C=O) groups excluding carboxylic acids is 1. The van der Waals surface area contributed by atoms with Crippen LogP contribution in [0.25, 0.3) is 0 Å². The van der Waals surface area contributed by atoms with Crippen LogP contribution in [0.4, 0.5) is 13.2 Å². The SMILES string of the molecule is COCCCNC(=O)C(C)N(CC(=O)O)CC(F)(F)F. The van der Waals surface area contributed by atoms with Crippen LogP contribution in [0.3, 0.4) is 0 Å². The lowest BCUT2D eigenvalue weighted by Gasteiger charge is -2.27. The van der Waals surface area contributed by atoms with E-state index in [4.69, 9.17) is 9.84 Å². The lowest BCUT2D eigenvalue weighted by Crippen LogP contribution is -2.50. The minimum atomic E-state index is -4.57. The standard InChI is InChI=1S/C11H19F3N2O4/c1-8(10(19)15-4-3-5-20-2)16(6-9(17)18)7-11(12,13)14/h8H,3-7H2,1-2H3,(H,15,19)(H,17,18). The first-order chi connectivity index (χ1) is 9.17. The Hall–Kier alpha value is -1.35. The minimum absolute atomic E-state index is 0.254. The molecule has 0 radical (unpaired) electrons. The highest BCUT2D eigenvalue weighted by Crippen LogP contribution is 2.18. The maximum absolute atomic E-state index is 12.3. The number of carbonyl (C=O) groups is 2. The van der Waals surface area contributed by atoms with Crippen LogP contribution in [0, 0.1) is 0 Å². The van der Waals surface area contributed by atoms with Crippen LogP contribution in [0.2, 0.25) is 0 Å². The Morgan fingerprint density at radius 1 is 1.40 bits per heavy atom. The summed E-state index contributed by atoms with van der Waals surface area (Å²) in [5, 5.41) is 11.0. The number of hydrogen-bond acceptors (Lipinski definition) is 4. The lowest BCUT2D eigenvalue weighted by molar-refractivity contribution is -0.160. The summed E-state index contributed by atoms with van der Waals surface area (Å²) in [4.78, 5) is 22.8. The summed E-state index contributed by atoms with van der Waals surface area (Å²) in [6.45, 7) is -0.404. The molecule has 0 aromatic carbocycles. The molecule has 9 heteroatoms. The van der Waals surface area contributed by atoms with Crippen LogP contribution < -0.4 is 5.32 Å². The molecule has 0 aliphatic carbocycles. The summed E-state index contributed by atoms with van der Waals surface area (Å²) < 4.78 is 41.8. The summed E-state index contributed by atoms with van der Waals surface area (Å²) in [5.74, 6) is -2.07. The Balaban J connectivity index is 4.47. The van der Waals surface area contributed by atoms with Gasteiger partial charge in [0.2, 0.25) is 5.91 Å². The number of alkyl halides is 3. The van der Waals surface area contributed by atoms with E-state index < -0.39 is 37.2 Å². The zero-order valence-corrected chi connectivity index (χ0v) is 11.4. The fourth-order valence-electron chi connectivity index (χ4n) is 1.48. The molecule has 0 aromatic rings. The number of amides is 1. The molecule has 6 nitrogen and oxygen atoms in total. The average Bonchev–Trinajstić information content (AvgIpc) is 2.30. The van der Waals surface area contributed by atoms with Crippen molar-refractivity contribution < 1.29 is 32.6 Å². The summed E-state index contributed by atoms with van der Waals surface area (Å²) in [5.41, 5.74) is 0. The Morgan fingerprint density at radius 2 is 2.00 bits per heavy atom. The third kappa shape index (κ3) is 8.70. The molecule has 0 rings (SSSR count). The normalized spacial score (nSPS) is 13.3. The van der Waals surface area contributed by atoms with Crippen molar-refractivity contribution in [1.29, 1.82) is 0 Å². The van der Waals surface area contributed by atoms with Gasteiger partial charge in [0.25, 0.3) is 0 Å². The van der Waals surface area contributed by atoms with Gasteiger partial charge < -0.3 is 15.2 Å². The van der Waals surface area contributed by atoms with Crippen LogP contribution in [-0.4, -0.2) is 67.5 Å². The second-order valence-electron chi connectivity index (χ2n) is 4.23. The number of nitrogens with zero attached hydrogens (tertiary/aromatic N) is 1. The molecule has 0 aliphatic heterocycles. The largest absolute Gasteiger partial charge is 0.480 e. The number of carboxylic acids is 1. The Kier molecular flexibility index (Phi) is 8.16. The van der Waals surface area contributed by atoms with Crippen LogP contribution in [0.15, 0.2) is 0 Å². The van der Waals surface area contributed by atoms with Crippen molar-refractivity contribution in [3.05, 3.63) is 0 Å². The van der Waals surface area contributed by atoms with Gasteiger partial charge in [0.15, 0.2) is 0 Å². The number of methoxy groups -OCH3 is 1. The maximum atomic E-state index is 12.3. The van der Waals surface area contributed by atoms with Gasteiger partial charge >= 0.3 is 12.1 Å². The summed E-state index contributed by atoms with van der Waals surface area (Å²) in [7, 11) is 1.49. The van der Waals surface area contributed by atoms with Crippen molar-refractivity contribution in [3.63, 3.8) is 0 Å². The fourth-order valence-corrected chi connectivity index (χ4v) is 1.48. The summed E-state index contributed by atoms with van der Waals surface area (Å²) >= 11 is 0. The second-order valence-corrected chi connectivity index (χ2v) is 4.23. The van der Waals surface area contributed by atoms with Gasteiger partial charge in [-0.1, -0.05) is 0 Å². The van der Waals surface area contributed by atoms with Crippen molar-refractivity contribution >= 4 is 11.9 Å². The molecule has 0 saturated heterocycles. The molecule has 2 N–H and O–H groups in total. The highest BCUT2D eigenvalue weighted by molar-refractivity contribution is 5.82. The van der Waals surface area contributed by atoms with E-state index in [1.54, 1.807) is 0 Å². The van der Waals surface area contributed by atoms with Crippen LogP contribution in [0.5, 0.6) is 0 Å². The van der Waals surface area contributed by atoms with E-state index in [2.05, 4.69) is 5.32 Å². The molecular weight excluding hydrogens is 281 g/mol. The summed E-state index contributed by atoms with van der Waals surface area (Å²) in [6.07, 6.45) is -4.05. The first-order valence-electron chi connectivity index (χ1n) is 5.96. The second kappa shape index (κ2) is 8.75. The van der Waals surface area contributed by atoms with Gasteiger partial charge in [0.05, 0.1) is 19.1 Å². The smallest absolute Gasteiger partial charge is 0.401 e. The van der Waals surface area contributed by atoms with Gasteiger partial charge in [-0.3, -0.25) is 14.5 Å². The fraction of sp³-hybridized carbons (Fsp3) is 0.818. The van der Waals surface area contributed by atoms with Crippen LogP contribution in [0.1, 0.15) is 13.3 Å². The Morgan fingerprint density at radius 3 is 2.45 bits per heavy atom.